The minimum atomic E-state index is 0.715. The smallest absolute Gasteiger partial charge is 0.150 e. The SMILES string of the molecule is CN(Cc1ccsc1)c1ccc(C=O)cc1. The van der Waals surface area contributed by atoms with Crippen LogP contribution in [0.3, 0.4) is 0 Å². The van der Waals surface area contributed by atoms with E-state index in [0.29, 0.717) is 5.56 Å². The second-order valence-corrected chi connectivity index (χ2v) is 4.48. The Hall–Kier alpha value is -1.61. The van der Waals surface area contributed by atoms with E-state index in [1.165, 1.54) is 5.56 Å². The fourth-order valence-corrected chi connectivity index (χ4v) is 2.21. The molecule has 0 aliphatic heterocycles. The molecule has 2 nitrogen and oxygen atoms in total. The van der Waals surface area contributed by atoms with Crippen molar-refractivity contribution in [2.75, 3.05) is 11.9 Å². The van der Waals surface area contributed by atoms with Gasteiger partial charge in [-0.3, -0.25) is 4.79 Å². The minimum absolute atomic E-state index is 0.715. The second kappa shape index (κ2) is 4.94. The van der Waals surface area contributed by atoms with Crippen molar-refractivity contribution in [3.8, 4) is 0 Å². The highest BCUT2D eigenvalue weighted by Crippen LogP contribution is 2.17. The van der Waals surface area contributed by atoms with Gasteiger partial charge in [-0.15, -0.1) is 0 Å². The summed E-state index contributed by atoms with van der Waals surface area (Å²) < 4.78 is 0. The Labute approximate surface area is 99.1 Å². The Bertz CT molecular complexity index is 447. The Morgan fingerprint density at radius 1 is 1.25 bits per heavy atom. The number of anilines is 1. The van der Waals surface area contributed by atoms with Crippen LogP contribution in [0.1, 0.15) is 15.9 Å². The summed E-state index contributed by atoms with van der Waals surface area (Å²) in [4.78, 5) is 12.7. The fourth-order valence-electron chi connectivity index (χ4n) is 1.56. The molecule has 16 heavy (non-hydrogen) atoms. The molecule has 0 bridgehead atoms. The van der Waals surface area contributed by atoms with Crippen molar-refractivity contribution in [1.29, 1.82) is 0 Å². The van der Waals surface area contributed by atoms with Gasteiger partial charge in [0.15, 0.2) is 0 Å². The van der Waals surface area contributed by atoms with Gasteiger partial charge < -0.3 is 4.90 Å². The largest absolute Gasteiger partial charge is 0.370 e. The van der Waals surface area contributed by atoms with Gasteiger partial charge in [0.1, 0.15) is 6.29 Å². The van der Waals surface area contributed by atoms with Crippen molar-refractivity contribution in [1.82, 2.24) is 0 Å². The molecule has 0 atom stereocenters. The molecule has 0 aliphatic carbocycles. The minimum Gasteiger partial charge on any atom is -0.370 e. The van der Waals surface area contributed by atoms with Gasteiger partial charge in [-0.05, 0) is 46.7 Å². The molecule has 0 unspecified atom stereocenters. The average Bonchev–Trinajstić information content (AvgIpc) is 2.82. The van der Waals surface area contributed by atoms with E-state index in [0.717, 1.165) is 18.5 Å². The number of hydrogen-bond acceptors (Lipinski definition) is 3. The monoisotopic (exact) mass is 231 g/mol. The zero-order valence-electron chi connectivity index (χ0n) is 9.09. The predicted molar refractivity (Wildman–Crippen MR) is 68.3 cm³/mol. The van der Waals surface area contributed by atoms with Crippen LogP contribution in [-0.4, -0.2) is 13.3 Å². The predicted octanol–water partition coefficient (Wildman–Crippen LogP) is 3.20. The van der Waals surface area contributed by atoms with Gasteiger partial charge in [-0.25, -0.2) is 0 Å². The highest BCUT2D eigenvalue weighted by Gasteiger charge is 2.02. The molecule has 0 fully saturated rings. The van der Waals surface area contributed by atoms with Crippen molar-refractivity contribution < 1.29 is 4.79 Å². The maximum absolute atomic E-state index is 10.5. The molecule has 3 heteroatoms. The van der Waals surface area contributed by atoms with Crippen molar-refractivity contribution in [2.45, 2.75) is 6.54 Å². The van der Waals surface area contributed by atoms with Gasteiger partial charge in [-0.1, -0.05) is 0 Å². The van der Waals surface area contributed by atoms with Crippen LogP contribution >= 0.6 is 11.3 Å². The Kier molecular flexibility index (Phi) is 3.37. The molecule has 2 rings (SSSR count). The van der Waals surface area contributed by atoms with Gasteiger partial charge >= 0.3 is 0 Å². The van der Waals surface area contributed by atoms with Crippen LogP contribution in [0, 0.1) is 0 Å². The number of carbonyl (C=O) groups excluding carboxylic acids is 1. The lowest BCUT2D eigenvalue weighted by atomic mass is 10.2. The van der Waals surface area contributed by atoms with Crippen LogP contribution in [0.25, 0.3) is 0 Å². The third-order valence-corrected chi connectivity index (χ3v) is 3.20. The number of thiophene rings is 1. The standard InChI is InChI=1S/C13H13NOS/c1-14(8-12-6-7-16-10-12)13-4-2-11(9-15)3-5-13/h2-7,9-10H,8H2,1H3. The third kappa shape index (κ3) is 2.49. The van der Waals surface area contributed by atoms with Gasteiger partial charge in [0, 0.05) is 24.8 Å². The second-order valence-electron chi connectivity index (χ2n) is 3.70. The van der Waals surface area contributed by atoms with E-state index < -0.39 is 0 Å². The molecular formula is C13H13NOS. The van der Waals surface area contributed by atoms with Crippen LogP contribution < -0.4 is 4.90 Å². The summed E-state index contributed by atoms with van der Waals surface area (Å²) in [6, 6.07) is 9.74. The summed E-state index contributed by atoms with van der Waals surface area (Å²) in [5.74, 6) is 0. The van der Waals surface area contributed by atoms with Crippen molar-refractivity contribution >= 4 is 23.3 Å². The topological polar surface area (TPSA) is 20.3 Å². The van der Waals surface area contributed by atoms with Gasteiger partial charge in [0.2, 0.25) is 0 Å². The number of hydrogen-bond donors (Lipinski definition) is 0. The lowest BCUT2D eigenvalue weighted by Crippen LogP contribution is -2.15. The van der Waals surface area contributed by atoms with E-state index in [4.69, 9.17) is 0 Å². The summed E-state index contributed by atoms with van der Waals surface area (Å²) in [5.41, 5.74) is 3.15. The highest BCUT2D eigenvalue weighted by atomic mass is 32.1. The zero-order valence-corrected chi connectivity index (χ0v) is 9.91. The van der Waals surface area contributed by atoms with E-state index in [2.05, 4.69) is 21.7 Å². The molecule has 1 aromatic carbocycles. The zero-order chi connectivity index (χ0) is 11.4. The molecule has 0 aliphatic rings. The first-order valence-electron chi connectivity index (χ1n) is 5.07. The molecule has 0 saturated carbocycles. The van der Waals surface area contributed by atoms with E-state index >= 15 is 0 Å². The van der Waals surface area contributed by atoms with Crippen LogP contribution in [0.4, 0.5) is 5.69 Å². The number of rotatable bonds is 4. The van der Waals surface area contributed by atoms with Crippen molar-refractivity contribution in [3.63, 3.8) is 0 Å². The Morgan fingerprint density at radius 2 is 2.00 bits per heavy atom. The third-order valence-electron chi connectivity index (χ3n) is 2.47. The molecule has 0 spiro atoms. The molecule has 0 N–H and O–H groups in total. The lowest BCUT2D eigenvalue weighted by Gasteiger charge is -2.18. The molecule has 0 saturated heterocycles. The molecule has 82 valence electrons. The molecular weight excluding hydrogens is 218 g/mol. The molecule has 2 aromatic rings. The van der Waals surface area contributed by atoms with E-state index in [9.17, 15) is 4.79 Å². The van der Waals surface area contributed by atoms with E-state index in [1.807, 2.05) is 31.3 Å². The van der Waals surface area contributed by atoms with E-state index in [1.54, 1.807) is 11.3 Å². The van der Waals surface area contributed by atoms with Crippen molar-refractivity contribution in [2.24, 2.45) is 0 Å². The highest BCUT2D eigenvalue weighted by molar-refractivity contribution is 7.07. The van der Waals surface area contributed by atoms with Crippen LogP contribution in [-0.2, 0) is 6.54 Å². The normalized spacial score (nSPS) is 10.1. The molecule has 0 radical (unpaired) electrons. The molecule has 1 aromatic heterocycles. The quantitative estimate of drug-likeness (QED) is 0.753. The fraction of sp³-hybridized carbons (Fsp3) is 0.154. The molecule has 0 amide bonds. The first-order valence-corrected chi connectivity index (χ1v) is 6.01. The van der Waals surface area contributed by atoms with E-state index in [-0.39, 0.29) is 0 Å². The van der Waals surface area contributed by atoms with Crippen LogP contribution in [0.15, 0.2) is 41.1 Å². The molecule has 1 heterocycles. The first kappa shape index (κ1) is 10.9. The van der Waals surface area contributed by atoms with Crippen molar-refractivity contribution in [3.05, 3.63) is 52.2 Å². The lowest BCUT2D eigenvalue weighted by molar-refractivity contribution is 0.112. The maximum Gasteiger partial charge on any atom is 0.150 e. The summed E-state index contributed by atoms with van der Waals surface area (Å²) in [6.45, 7) is 0.893. The number of carbonyl (C=O) groups is 1. The van der Waals surface area contributed by atoms with Crippen LogP contribution in [0.2, 0.25) is 0 Å². The van der Waals surface area contributed by atoms with Gasteiger partial charge in [-0.2, -0.15) is 11.3 Å². The van der Waals surface area contributed by atoms with Gasteiger partial charge in [0.25, 0.3) is 0 Å². The summed E-state index contributed by atoms with van der Waals surface area (Å²) in [6.07, 6.45) is 0.864. The summed E-state index contributed by atoms with van der Waals surface area (Å²) >= 11 is 1.71. The average molecular weight is 231 g/mol. The van der Waals surface area contributed by atoms with Gasteiger partial charge in [0.05, 0.1) is 0 Å². The number of nitrogens with zero attached hydrogens (tertiary/aromatic N) is 1. The Balaban J connectivity index is 2.08. The first-order chi connectivity index (χ1) is 7.79. The number of benzene rings is 1. The number of aldehydes is 1. The van der Waals surface area contributed by atoms with Crippen LogP contribution in [0.5, 0.6) is 0 Å². The summed E-state index contributed by atoms with van der Waals surface area (Å²) in [7, 11) is 2.05. The Morgan fingerprint density at radius 3 is 2.56 bits per heavy atom. The maximum atomic E-state index is 10.5. The summed E-state index contributed by atoms with van der Waals surface area (Å²) in [5, 5.41) is 4.23.